The van der Waals surface area contributed by atoms with Crippen molar-refractivity contribution in [3.05, 3.63) is 47.5 Å². The Hall–Kier alpha value is -4.17. The first-order valence-corrected chi connectivity index (χ1v) is 12.8. The summed E-state index contributed by atoms with van der Waals surface area (Å²) in [6.45, 7) is 3.04. The zero-order valence-corrected chi connectivity index (χ0v) is 21.7. The van der Waals surface area contributed by atoms with Gasteiger partial charge in [-0.3, -0.25) is 14.4 Å². The average Bonchev–Trinajstić information content (AvgIpc) is 3.14. The summed E-state index contributed by atoms with van der Waals surface area (Å²) in [6.07, 6.45) is 0. The van der Waals surface area contributed by atoms with Gasteiger partial charge in [0, 0.05) is 17.4 Å². The molecule has 2 aliphatic heterocycles. The first-order chi connectivity index (χ1) is 18.4. The number of amides is 3. The standard InChI is InChI=1S/C25H28N4O9S/c1-25(2)19(24(37)38)29-22(36)18(23(29)39-25)28-21(35)17(11-3-5-12(31)6-4-11)27-14-10-15(32)13(9-16(14)33)20(34)26-7-8-30/h3-6,9-10,17-19,23,27,30-33H,7-8H2,1-2H3,(H,26,34)(H,28,35)(H,37,38)/t17-,18-,19+,23-/m1/s1. The number of aliphatic carboxylic acids is 1. The summed E-state index contributed by atoms with van der Waals surface area (Å²) in [7, 11) is 0. The molecule has 4 rings (SSSR count). The third kappa shape index (κ3) is 5.25. The molecule has 13 nitrogen and oxygen atoms in total. The fourth-order valence-electron chi connectivity index (χ4n) is 4.64. The number of phenolic OH excluding ortho intramolecular Hbond substituents is 3. The van der Waals surface area contributed by atoms with Crippen LogP contribution in [-0.2, 0) is 14.4 Å². The van der Waals surface area contributed by atoms with Crippen LogP contribution in [0.2, 0.25) is 0 Å². The third-order valence-electron chi connectivity index (χ3n) is 6.52. The number of carboxylic acid groups (broad SMARTS) is 1. The lowest BCUT2D eigenvalue weighted by Gasteiger charge is -2.44. The van der Waals surface area contributed by atoms with Gasteiger partial charge in [-0.15, -0.1) is 11.8 Å². The van der Waals surface area contributed by atoms with Gasteiger partial charge in [0.2, 0.25) is 11.8 Å². The van der Waals surface area contributed by atoms with Crippen molar-refractivity contribution in [1.29, 1.82) is 0 Å². The van der Waals surface area contributed by atoms with Crippen LogP contribution in [0.4, 0.5) is 5.69 Å². The predicted octanol–water partition coefficient (Wildman–Crippen LogP) is 0.310. The smallest absolute Gasteiger partial charge is 0.327 e. The topological polar surface area (TPSA) is 209 Å². The van der Waals surface area contributed by atoms with Crippen LogP contribution < -0.4 is 16.0 Å². The number of aliphatic hydroxyl groups excluding tert-OH is 1. The molecule has 0 aliphatic carbocycles. The van der Waals surface area contributed by atoms with Crippen molar-refractivity contribution in [3.8, 4) is 17.2 Å². The number of thioether (sulfide) groups is 1. The van der Waals surface area contributed by atoms with Gasteiger partial charge in [-0.2, -0.15) is 0 Å². The molecule has 0 radical (unpaired) electrons. The minimum Gasteiger partial charge on any atom is -0.508 e. The van der Waals surface area contributed by atoms with Crippen LogP contribution in [0.5, 0.6) is 17.2 Å². The van der Waals surface area contributed by atoms with E-state index in [4.69, 9.17) is 5.11 Å². The van der Waals surface area contributed by atoms with Crippen molar-refractivity contribution >= 4 is 41.1 Å². The highest BCUT2D eigenvalue weighted by Gasteiger charge is 2.64. The predicted molar refractivity (Wildman–Crippen MR) is 139 cm³/mol. The summed E-state index contributed by atoms with van der Waals surface area (Å²) in [4.78, 5) is 51.6. The molecule has 2 aromatic carbocycles. The Morgan fingerprint density at radius 2 is 1.74 bits per heavy atom. The molecule has 8 N–H and O–H groups in total. The number of carboxylic acids is 1. The Kier molecular flexibility index (Phi) is 7.52. The Morgan fingerprint density at radius 3 is 2.36 bits per heavy atom. The molecular formula is C25H28N4O9S. The van der Waals surface area contributed by atoms with Crippen molar-refractivity contribution in [1.82, 2.24) is 15.5 Å². The molecular weight excluding hydrogens is 532 g/mol. The fourth-order valence-corrected chi connectivity index (χ4v) is 6.27. The van der Waals surface area contributed by atoms with E-state index in [0.29, 0.717) is 5.56 Å². The number of carbonyl (C=O) groups excluding carboxylic acids is 3. The summed E-state index contributed by atoms with van der Waals surface area (Å²) >= 11 is 1.27. The van der Waals surface area contributed by atoms with Crippen molar-refractivity contribution in [2.75, 3.05) is 18.5 Å². The third-order valence-corrected chi connectivity index (χ3v) is 8.09. The molecule has 2 aliphatic rings. The lowest BCUT2D eigenvalue weighted by Crippen LogP contribution is -2.71. The van der Waals surface area contributed by atoms with Gasteiger partial charge in [0.05, 0.1) is 17.9 Å². The number of β-lactam (4-membered cyclic amide) rings is 1. The molecule has 0 spiro atoms. The SMILES string of the molecule is CC1(C)S[C@@H]2[C@H](NC(=O)[C@H](Nc3cc(O)c(C(=O)NCCO)cc3O)c3ccc(O)cc3)C(=O)N2[C@H]1C(=O)O. The molecule has 2 heterocycles. The van der Waals surface area contributed by atoms with Gasteiger partial charge in [0.25, 0.3) is 5.91 Å². The number of carbonyl (C=O) groups is 4. The summed E-state index contributed by atoms with van der Waals surface area (Å²) in [6, 6.07) is 4.34. The van der Waals surface area contributed by atoms with E-state index < -0.39 is 63.4 Å². The zero-order chi connectivity index (χ0) is 28.6. The number of benzene rings is 2. The molecule has 208 valence electrons. The number of aromatic hydroxyl groups is 3. The second-order valence-electron chi connectivity index (χ2n) is 9.62. The van der Waals surface area contributed by atoms with Crippen LogP contribution in [0.1, 0.15) is 35.8 Å². The Morgan fingerprint density at radius 1 is 1.08 bits per heavy atom. The van der Waals surface area contributed by atoms with Gasteiger partial charge >= 0.3 is 5.97 Å². The van der Waals surface area contributed by atoms with Crippen molar-refractivity contribution in [2.24, 2.45) is 0 Å². The first kappa shape index (κ1) is 27.9. The number of anilines is 1. The normalized spacial score (nSPS) is 21.9. The molecule has 0 unspecified atom stereocenters. The van der Waals surface area contributed by atoms with Crippen LogP contribution in [0.15, 0.2) is 36.4 Å². The van der Waals surface area contributed by atoms with Gasteiger partial charge in [-0.25, -0.2) is 4.79 Å². The number of fused-ring (bicyclic) bond motifs is 1. The number of hydrogen-bond acceptors (Lipinski definition) is 10. The maximum Gasteiger partial charge on any atom is 0.327 e. The largest absolute Gasteiger partial charge is 0.508 e. The van der Waals surface area contributed by atoms with E-state index >= 15 is 0 Å². The number of nitrogens with one attached hydrogen (secondary N) is 3. The van der Waals surface area contributed by atoms with E-state index in [1.165, 1.54) is 40.9 Å². The van der Waals surface area contributed by atoms with Crippen LogP contribution >= 0.6 is 11.8 Å². The minimum absolute atomic E-state index is 0.0641. The van der Waals surface area contributed by atoms with Crippen LogP contribution in [-0.4, -0.2) is 89.5 Å². The molecule has 2 saturated heterocycles. The quantitative estimate of drug-likeness (QED) is 0.119. The van der Waals surface area contributed by atoms with Gasteiger partial charge in [0.1, 0.15) is 40.7 Å². The van der Waals surface area contributed by atoms with Gasteiger partial charge in [-0.1, -0.05) is 12.1 Å². The summed E-state index contributed by atoms with van der Waals surface area (Å²) in [5, 5.41) is 56.4. The number of aliphatic hydroxyl groups is 1. The lowest BCUT2D eigenvalue weighted by molar-refractivity contribution is -0.161. The Bertz CT molecular complexity index is 1320. The van der Waals surface area contributed by atoms with E-state index in [1.807, 2.05) is 0 Å². The highest BCUT2D eigenvalue weighted by molar-refractivity contribution is 8.01. The van der Waals surface area contributed by atoms with E-state index in [1.54, 1.807) is 13.8 Å². The minimum atomic E-state index is -1.23. The van der Waals surface area contributed by atoms with E-state index in [9.17, 15) is 39.6 Å². The molecule has 2 fully saturated rings. The molecule has 0 saturated carbocycles. The molecule has 0 bridgehead atoms. The van der Waals surface area contributed by atoms with E-state index in [2.05, 4.69) is 16.0 Å². The average molecular weight is 561 g/mol. The first-order valence-electron chi connectivity index (χ1n) is 11.9. The Balaban J connectivity index is 1.59. The fraction of sp³-hybridized carbons (Fsp3) is 0.360. The number of rotatable bonds is 9. The molecule has 2 aromatic rings. The summed E-state index contributed by atoms with van der Waals surface area (Å²) < 4.78 is -0.783. The second-order valence-corrected chi connectivity index (χ2v) is 11.4. The molecule has 4 atom stereocenters. The Labute approximate surface area is 226 Å². The number of nitrogens with zero attached hydrogens (tertiary/aromatic N) is 1. The van der Waals surface area contributed by atoms with Crippen LogP contribution in [0.3, 0.4) is 0 Å². The number of hydrogen-bond donors (Lipinski definition) is 8. The second kappa shape index (κ2) is 10.5. The van der Waals surface area contributed by atoms with Crippen molar-refractivity contribution < 1.29 is 44.7 Å². The number of phenols is 3. The van der Waals surface area contributed by atoms with E-state index in [-0.39, 0.29) is 30.2 Å². The van der Waals surface area contributed by atoms with Crippen LogP contribution in [0.25, 0.3) is 0 Å². The maximum atomic E-state index is 13.5. The molecule has 39 heavy (non-hydrogen) atoms. The highest BCUT2D eigenvalue weighted by atomic mass is 32.2. The van der Waals surface area contributed by atoms with Crippen LogP contribution in [0, 0.1) is 0 Å². The summed E-state index contributed by atoms with van der Waals surface area (Å²) in [5.74, 6) is -4.15. The molecule has 14 heteroatoms. The molecule has 3 amide bonds. The molecule has 0 aromatic heterocycles. The monoisotopic (exact) mass is 560 g/mol. The van der Waals surface area contributed by atoms with Gasteiger partial charge in [-0.05, 0) is 37.6 Å². The van der Waals surface area contributed by atoms with Gasteiger partial charge in [0.15, 0.2) is 0 Å². The zero-order valence-electron chi connectivity index (χ0n) is 20.9. The van der Waals surface area contributed by atoms with E-state index in [0.717, 1.165) is 12.1 Å². The van der Waals surface area contributed by atoms with Crippen molar-refractivity contribution in [2.45, 2.75) is 42.1 Å². The van der Waals surface area contributed by atoms with Gasteiger partial charge < -0.3 is 46.4 Å². The maximum absolute atomic E-state index is 13.5. The highest BCUT2D eigenvalue weighted by Crippen LogP contribution is 2.51. The lowest BCUT2D eigenvalue weighted by atomic mass is 9.95. The summed E-state index contributed by atoms with van der Waals surface area (Å²) in [5.41, 5.74) is -0.0325. The van der Waals surface area contributed by atoms with Crippen molar-refractivity contribution in [3.63, 3.8) is 0 Å².